The summed E-state index contributed by atoms with van der Waals surface area (Å²) in [6.45, 7) is 5.37. The maximum Gasteiger partial charge on any atom is 0.171 e. The van der Waals surface area contributed by atoms with Crippen molar-refractivity contribution in [3.05, 3.63) is 23.8 Å². The van der Waals surface area contributed by atoms with E-state index in [1.165, 1.54) is 14.0 Å². The van der Waals surface area contributed by atoms with E-state index in [-0.39, 0.29) is 11.9 Å². The van der Waals surface area contributed by atoms with Gasteiger partial charge in [-0.2, -0.15) is 0 Å². The van der Waals surface area contributed by atoms with Crippen LogP contribution in [0, 0.1) is 0 Å². The lowest BCUT2D eigenvalue weighted by Gasteiger charge is -2.15. The van der Waals surface area contributed by atoms with Crippen LogP contribution in [-0.2, 0) is 0 Å². The lowest BCUT2D eigenvalue weighted by Crippen LogP contribution is -2.08. The molecule has 3 nitrogen and oxygen atoms in total. The molecule has 0 aliphatic carbocycles. The SMILES string of the molecule is COc1c(OC(C)C)cccc1C(C)=O. The van der Waals surface area contributed by atoms with Gasteiger partial charge in [-0.1, -0.05) is 6.07 Å². The Bertz CT molecular complexity index is 356. The van der Waals surface area contributed by atoms with Crippen LogP contribution >= 0.6 is 0 Å². The summed E-state index contributed by atoms with van der Waals surface area (Å²) in [5.41, 5.74) is 0.552. The Kier molecular flexibility index (Phi) is 3.72. The summed E-state index contributed by atoms with van der Waals surface area (Å²) in [5.74, 6) is 1.10. The normalized spacial score (nSPS) is 10.2. The van der Waals surface area contributed by atoms with Crippen LogP contribution < -0.4 is 9.47 Å². The van der Waals surface area contributed by atoms with E-state index in [1.54, 1.807) is 18.2 Å². The van der Waals surface area contributed by atoms with Gasteiger partial charge in [0.1, 0.15) is 0 Å². The summed E-state index contributed by atoms with van der Waals surface area (Å²) in [6, 6.07) is 5.32. The number of methoxy groups -OCH3 is 1. The van der Waals surface area contributed by atoms with Crippen LogP contribution in [0.15, 0.2) is 18.2 Å². The quantitative estimate of drug-likeness (QED) is 0.713. The number of carbonyl (C=O) groups excluding carboxylic acids is 1. The molecule has 0 atom stereocenters. The minimum absolute atomic E-state index is 0.0268. The molecule has 0 fully saturated rings. The predicted molar refractivity (Wildman–Crippen MR) is 58.8 cm³/mol. The van der Waals surface area contributed by atoms with Gasteiger partial charge in [-0.25, -0.2) is 0 Å². The summed E-state index contributed by atoms with van der Waals surface area (Å²) < 4.78 is 10.7. The molecule has 0 bridgehead atoms. The van der Waals surface area contributed by atoms with E-state index in [0.717, 1.165) is 0 Å². The van der Waals surface area contributed by atoms with Crippen molar-refractivity contribution in [2.45, 2.75) is 26.9 Å². The van der Waals surface area contributed by atoms with Gasteiger partial charge < -0.3 is 9.47 Å². The number of Topliss-reactive ketones (excluding diaryl/α,β-unsaturated/α-hetero) is 1. The molecule has 0 aliphatic rings. The molecule has 0 aromatic heterocycles. The topological polar surface area (TPSA) is 35.5 Å². The highest BCUT2D eigenvalue weighted by Crippen LogP contribution is 2.31. The number of ether oxygens (including phenoxy) is 2. The monoisotopic (exact) mass is 208 g/mol. The van der Waals surface area contributed by atoms with E-state index >= 15 is 0 Å². The summed E-state index contributed by atoms with van der Waals surface area (Å²) in [6.07, 6.45) is 0.0566. The Morgan fingerprint density at radius 2 is 2.00 bits per heavy atom. The third-order valence-corrected chi connectivity index (χ3v) is 1.92. The van der Waals surface area contributed by atoms with Gasteiger partial charge in [0, 0.05) is 0 Å². The first-order valence-corrected chi connectivity index (χ1v) is 4.91. The van der Waals surface area contributed by atoms with Gasteiger partial charge in [0.2, 0.25) is 0 Å². The molecular weight excluding hydrogens is 192 g/mol. The molecule has 15 heavy (non-hydrogen) atoms. The van der Waals surface area contributed by atoms with Crippen LogP contribution in [0.5, 0.6) is 11.5 Å². The Hall–Kier alpha value is -1.51. The van der Waals surface area contributed by atoms with Crippen molar-refractivity contribution >= 4 is 5.78 Å². The van der Waals surface area contributed by atoms with Gasteiger partial charge in [0.05, 0.1) is 18.8 Å². The highest BCUT2D eigenvalue weighted by molar-refractivity contribution is 5.97. The van der Waals surface area contributed by atoms with Crippen LogP contribution in [0.2, 0.25) is 0 Å². The number of benzene rings is 1. The first kappa shape index (κ1) is 11.6. The number of carbonyl (C=O) groups is 1. The Morgan fingerprint density at radius 1 is 1.33 bits per heavy atom. The third-order valence-electron chi connectivity index (χ3n) is 1.92. The average molecular weight is 208 g/mol. The van der Waals surface area contributed by atoms with E-state index in [4.69, 9.17) is 9.47 Å². The lowest BCUT2D eigenvalue weighted by atomic mass is 10.1. The average Bonchev–Trinajstić information content (AvgIpc) is 2.16. The van der Waals surface area contributed by atoms with Crippen molar-refractivity contribution in [3.63, 3.8) is 0 Å². The van der Waals surface area contributed by atoms with Gasteiger partial charge in [-0.3, -0.25) is 4.79 Å². The van der Waals surface area contributed by atoms with E-state index < -0.39 is 0 Å². The molecule has 1 aromatic carbocycles. The van der Waals surface area contributed by atoms with Crippen LogP contribution in [0.1, 0.15) is 31.1 Å². The molecule has 0 saturated heterocycles. The standard InChI is InChI=1S/C12H16O3/c1-8(2)15-11-7-5-6-10(9(3)13)12(11)14-4/h5-8H,1-4H3. The predicted octanol–water partition coefficient (Wildman–Crippen LogP) is 2.69. The fourth-order valence-electron chi connectivity index (χ4n) is 1.35. The molecule has 1 rings (SSSR count). The molecule has 0 radical (unpaired) electrons. The maximum absolute atomic E-state index is 11.3. The summed E-state index contributed by atoms with van der Waals surface area (Å²) in [4.78, 5) is 11.3. The van der Waals surface area contributed by atoms with E-state index in [9.17, 15) is 4.79 Å². The number of hydrogen-bond donors (Lipinski definition) is 0. The van der Waals surface area contributed by atoms with Crippen molar-refractivity contribution in [2.24, 2.45) is 0 Å². The van der Waals surface area contributed by atoms with Crippen molar-refractivity contribution < 1.29 is 14.3 Å². The first-order valence-electron chi connectivity index (χ1n) is 4.91. The molecular formula is C12H16O3. The molecule has 82 valence electrons. The third kappa shape index (κ3) is 2.72. The van der Waals surface area contributed by atoms with Crippen molar-refractivity contribution in [1.82, 2.24) is 0 Å². The minimum atomic E-state index is -0.0268. The zero-order valence-corrected chi connectivity index (χ0v) is 9.53. The Morgan fingerprint density at radius 3 is 2.47 bits per heavy atom. The first-order chi connectivity index (χ1) is 7.06. The number of ketones is 1. The molecule has 1 aromatic rings. The Balaban J connectivity index is 3.16. The second-order valence-electron chi connectivity index (χ2n) is 3.56. The second kappa shape index (κ2) is 4.82. The molecule has 0 saturated carbocycles. The van der Waals surface area contributed by atoms with Crippen LogP contribution in [0.3, 0.4) is 0 Å². The number of para-hydroxylation sites is 1. The lowest BCUT2D eigenvalue weighted by molar-refractivity contribution is 0.101. The summed E-state index contributed by atoms with van der Waals surface area (Å²) >= 11 is 0. The fourth-order valence-corrected chi connectivity index (χ4v) is 1.35. The molecule has 0 unspecified atom stereocenters. The molecule has 0 heterocycles. The van der Waals surface area contributed by atoms with Crippen LogP contribution in [0.4, 0.5) is 0 Å². The van der Waals surface area contributed by atoms with E-state index in [2.05, 4.69) is 0 Å². The van der Waals surface area contributed by atoms with Gasteiger partial charge >= 0.3 is 0 Å². The number of rotatable bonds is 4. The van der Waals surface area contributed by atoms with Gasteiger partial charge in [-0.15, -0.1) is 0 Å². The van der Waals surface area contributed by atoms with Gasteiger partial charge in [-0.05, 0) is 32.9 Å². The molecule has 0 N–H and O–H groups in total. The Labute approximate surface area is 90.0 Å². The number of hydrogen-bond acceptors (Lipinski definition) is 3. The zero-order valence-electron chi connectivity index (χ0n) is 9.53. The molecule has 0 amide bonds. The highest BCUT2D eigenvalue weighted by atomic mass is 16.5. The molecule has 3 heteroatoms. The van der Waals surface area contributed by atoms with Crippen LogP contribution in [-0.4, -0.2) is 19.0 Å². The fraction of sp³-hybridized carbons (Fsp3) is 0.417. The van der Waals surface area contributed by atoms with E-state index in [0.29, 0.717) is 17.1 Å². The largest absolute Gasteiger partial charge is 0.492 e. The van der Waals surface area contributed by atoms with E-state index in [1.807, 2.05) is 13.8 Å². The van der Waals surface area contributed by atoms with Gasteiger partial charge in [0.25, 0.3) is 0 Å². The zero-order chi connectivity index (χ0) is 11.4. The molecule has 0 aliphatic heterocycles. The van der Waals surface area contributed by atoms with Crippen molar-refractivity contribution in [3.8, 4) is 11.5 Å². The minimum Gasteiger partial charge on any atom is -0.492 e. The maximum atomic E-state index is 11.3. The highest BCUT2D eigenvalue weighted by Gasteiger charge is 2.13. The second-order valence-corrected chi connectivity index (χ2v) is 3.56. The van der Waals surface area contributed by atoms with Crippen molar-refractivity contribution in [2.75, 3.05) is 7.11 Å². The summed E-state index contributed by atoms with van der Waals surface area (Å²) in [7, 11) is 1.54. The molecule has 0 spiro atoms. The van der Waals surface area contributed by atoms with Crippen molar-refractivity contribution in [1.29, 1.82) is 0 Å². The van der Waals surface area contributed by atoms with Gasteiger partial charge in [0.15, 0.2) is 17.3 Å². The van der Waals surface area contributed by atoms with Crippen LogP contribution in [0.25, 0.3) is 0 Å². The summed E-state index contributed by atoms with van der Waals surface area (Å²) in [5, 5.41) is 0. The smallest absolute Gasteiger partial charge is 0.171 e.